The lowest BCUT2D eigenvalue weighted by atomic mass is 9.93. The van der Waals surface area contributed by atoms with Gasteiger partial charge in [-0.25, -0.2) is 0 Å². The molecule has 0 aliphatic heterocycles. The molecule has 2 aromatic rings. The molecule has 1 atom stereocenters. The van der Waals surface area contributed by atoms with Crippen molar-refractivity contribution in [3.8, 4) is 0 Å². The van der Waals surface area contributed by atoms with E-state index in [1.807, 2.05) is 61.5 Å². The summed E-state index contributed by atoms with van der Waals surface area (Å²) >= 11 is 0. The monoisotopic (exact) mass is 337 g/mol. The molecule has 0 spiro atoms. The Bertz CT molecular complexity index is 766. The minimum absolute atomic E-state index is 0.0580. The molecule has 0 radical (unpaired) electrons. The van der Waals surface area contributed by atoms with Gasteiger partial charge < -0.3 is 10.4 Å². The van der Waals surface area contributed by atoms with Crippen LogP contribution in [0.5, 0.6) is 0 Å². The quantitative estimate of drug-likeness (QED) is 0.816. The average Bonchev–Trinajstić information content (AvgIpc) is 3.41. The number of carboxylic acids is 1. The van der Waals surface area contributed by atoms with Crippen molar-refractivity contribution in [1.82, 2.24) is 5.32 Å². The van der Waals surface area contributed by atoms with E-state index in [1.165, 1.54) is 0 Å². The van der Waals surface area contributed by atoms with Crippen LogP contribution in [0.3, 0.4) is 0 Å². The zero-order chi connectivity index (χ0) is 17.9. The molecule has 2 N–H and O–H groups in total. The molecule has 1 amide bonds. The molecule has 4 heteroatoms. The van der Waals surface area contributed by atoms with Crippen molar-refractivity contribution in [2.24, 2.45) is 5.92 Å². The molecule has 0 bridgehead atoms. The molecule has 25 heavy (non-hydrogen) atoms. The third kappa shape index (κ3) is 3.90. The Hall–Kier alpha value is -2.62. The summed E-state index contributed by atoms with van der Waals surface area (Å²) in [5.41, 5.74) is 2.65. The van der Waals surface area contributed by atoms with Gasteiger partial charge >= 0.3 is 5.97 Å². The summed E-state index contributed by atoms with van der Waals surface area (Å²) in [5, 5.41) is 12.4. The summed E-state index contributed by atoms with van der Waals surface area (Å²) in [6.45, 7) is 2.16. The van der Waals surface area contributed by atoms with Crippen LogP contribution in [0.15, 0.2) is 54.6 Å². The molecule has 1 aliphatic rings. The summed E-state index contributed by atoms with van der Waals surface area (Å²) in [6, 6.07) is 17.5. The van der Waals surface area contributed by atoms with Crippen molar-refractivity contribution in [2.45, 2.75) is 31.6 Å². The molecule has 1 saturated carbocycles. The Labute approximate surface area is 147 Å². The summed E-state index contributed by atoms with van der Waals surface area (Å²) in [5.74, 6) is -1.57. The van der Waals surface area contributed by atoms with Crippen LogP contribution in [-0.4, -0.2) is 23.5 Å². The third-order valence-corrected chi connectivity index (χ3v) is 4.94. The number of amides is 1. The average molecular weight is 337 g/mol. The van der Waals surface area contributed by atoms with Gasteiger partial charge in [0.1, 0.15) is 0 Å². The Morgan fingerprint density at radius 2 is 1.84 bits per heavy atom. The number of carboxylic acid groups (broad SMARTS) is 1. The van der Waals surface area contributed by atoms with E-state index in [9.17, 15) is 14.7 Å². The van der Waals surface area contributed by atoms with Gasteiger partial charge in [-0.1, -0.05) is 60.2 Å². The lowest BCUT2D eigenvalue weighted by Crippen LogP contribution is -2.40. The van der Waals surface area contributed by atoms with Crippen LogP contribution in [-0.2, 0) is 21.4 Å². The summed E-state index contributed by atoms with van der Waals surface area (Å²) in [6.07, 6.45) is 2.05. The Balaban J connectivity index is 1.65. The number of hydrogen-bond acceptors (Lipinski definition) is 2. The molecule has 1 unspecified atom stereocenters. The number of hydrogen-bond donors (Lipinski definition) is 2. The molecular weight excluding hydrogens is 314 g/mol. The van der Waals surface area contributed by atoms with E-state index >= 15 is 0 Å². The largest absolute Gasteiger partial charge is 0.481 e. The van der Waals surface area contributed by atoms with Crippen LogP contribution in [0.1, 0.15) is 29.5 Å². The fourth-order valence-corrected chi connectivity index (χ4v) is 3.25. The highest BCUT2D eigenvalue weighted by Gasteiger charge is 2.51. The van der Waals surface area contributed by atoms with Crippen molar-refractivity contribution in [3.63, 3.8) is 0 Å². The number of nitrogens with one attached hydrogen (secondary N) is 1. The second-order valence-corrected chi connectivity index (χ2v) is 6.89. The van der Waals surface area contributed by atoms with Gasteiger partial charge in [-0.05, 0) is 37.3 Å². The van der Waals surface area contributed by atoms with Gasteiger partial charge in [-0.2, -0.15) is 0 Å². The summed E-state index contributed by atoms with van der Waals surface area (Å²) < 4.78 is 0. The normalized spacial score (nSPS) is 16.0. The van der Waals surface area contributed by atoms with Gasteiger partial charge in [0.2, 0.25) is 5.91 Å². The van der Waals surface area contributed by atoms with E-state index in [0.717, 1.165) is 29.5 Å². The first-order valence-corrected chi connectivity index (χ1v) is 8.63. The fourth-order valence-electron chi connectivity index (χ4n) is 3.25. The van der Waals surface area contributed by atoms with Crippen LogP contribution < -0.4 is 5.32 Å². The van der Waals surface area contributed by atoms with Crippen LogP contribution in [0.4, 0.5) is 0 Å². The fraction of sp³-hybridized carbons (Fsp3) is 0.333. The smallest absolute Gasteiger partial charge is 0.308 e. The maximum atomic E-state index is 12.7. The van der Waals surface area contributed by atoms with Crippen molar-refractivity contribution in [2.75, 3.05) is 6.54 Å². The van der Waals surface area contributed by atoms with Crippen LogP contribution in [0.25, 0.3) is 0 Å². The molecule has 0 heterocycles. The minimum atomic E-state index is -0.885. The standard InChI is InChI=1S/C21H23NO3/c1-15-6-5-9-18(12-15)21(10-11-21)20(25)22-14-17(19(23)24)13-16-7-3-2-4-8-16/h2-9,12,17H,10-11,13-14H2,1H3,(H,22,25)(H,23,24). The number of carbonyl (C=O) groups excluding carboxylic acids is 1. The van der Waals surface area contributed by atoms with Crippen molar-refractivity contribution in [1.29, 1.82) is 0 Å². The first-order chi connectivity index (χ1) is 12.0. The highest BCUT2D eigenvalue weighted by molar-refractivity contribution is 5.91. The van der Waals surface area contributed by atoms with Gasteiger partial charge in [0.05, 0.1) is 11.3 Å². The molecular formula is C21H23NO3. The van der Waals surface area contributed by atoms with Crippen LogP contribution in [0.2, 0.25) is 0 Å². The number of benzene rings is 2. The minimum Gasteiger partial charge on any atom is -0.481 e. The molecule has 4 nitrogen and oxygen atoms in total. The Kier molecular flexibility index (Phi) is 4.88. The topological polar surface area (TPSA) is 66.4 Å². The summed E-state index contributed by atoms with van der Waals surface area (Å²) in [7, 11) is 0. The SMILES string of the molecule is Cc1cccc(C2(C(=O)NCC(Cc3ccccc3)C(=O)O)CC2)c1. The van der Waals surface area contributed by atoms with E-state index in [0.29, 0.717) is 6.42 Å². The lowest BCUT2D eigenvalue weighted by molar-refractivity contribution is -0.141. The predicted molar refractivity (Wildman–Crippen MR) is 96.4 cm³/mol. The van der Waals surface area contributed by atoms with E-state index in [4.69, 9.17) is 0 Å². The number of rotatable bonds is 7. The van der Waals surface area contributed by atoms with E-state index in [-0.39, 0.29) is 12.5 Å². The van der Waals surface area contributed by atoms with Gasteiger partial charge in [-0.15, -0.1) is 0 Å². The first kappa shape index (κ1) is 17.2. The molecule has 2 aromatic carbocycles. The Morgan fingerprint density at radius 3 is 2.44 bits per heavy atom. The van der Waals surface area contributed by atoms with E-state index in [1.54, 1.807) is 0 Å². The second-order valence-electron chi connectivity index (χ2n) is 6.89. The highest BCUT2D eigenvalue weighted by Crippen LogP contribution is 2.48. The predicted octanol–water partition coefficient (Wildman–Crippen LogP) is 3.09. The summed E-state index contributed by atoms with van der Waals surface area (Å²) in [4.78, 5) is 24.3. The maximum Gasteiger partial charge on any atom is 0.308 e. The zero-order valence-corrected chi connectivity index (χ0v) is 14.4. The van der Waals surface area contributed by atoms with Gasteiger partial charge in [0.15, 0.2) is 0 Å². The molecule has 130 valence electrons. The van der Waals surface area contributed by atoms with Crippen molar-refractivity contribution in [3.05, 3.63) is 71.3 Å². The van der Waals surface area contributed by atoms with Crippen LogP contribution in [0, 0.1) is 12.8 Å². The number of carbonyl (C=O) groups is 2. The Morgan fingerprint density at radius 1 is 1.12 bits per heavy atom. The van der Waals surface area contributed by atoms with Gasteiger partial charge in [0, 0.05) is 6.54 Å². The van der Waals surface area contributed by atoms with Gasteiger partial charge in [-0.3, -0.25) is 9.59 Å². The second kappa shape index (κ2) is 7.09. The maximum absolute atomic E-state index is 12.7. The van der Waals surface area contributed by atoms with Crippen molar-refractivity contribution < 1.29 is 14.7 Å². The zero-order valence-electron chi connectivity index (χ0n) is 14.4. The van der Waals surface area contributed by atoms with Gasteiger partial charge in [0.25, 0.3) is 0 Å². The lowest BCUT2D eigenvalue weighted by Gasteiger charge is -2.19. The molecule has 1 fully saturated rings. The van der Waals surface area contributed by atoms with E-state index in [2.05, 4.69) is 5.32 Å². The molecule has 0 aromatic heterocycles. The molecule has 3 rings (SSSR count). The number of aryl methyl sites for hydroxylation is 1. The number of aliphatic carboxylic acids is 1. The van der Waals surface area contributed by atoms with E-state index < -0.39 is 17.3 Å². The molecule has 0 saturated heterocycles. The highest BCUT2D eigenvalue weighted by atomic mass is 16.4. The third-order valence-electron chi connectivity index (χ3n) is 4.94. The first-order valence-electron chi connectivity index (χ1n) is 8.63. The van der Waals surface area contributed by atoms with Crippen molar-refractivity contribution >= 4 is 11.9 Å². The van der Waals surface area contributed by atoms with Crippen LogP contribution >= 0.6 is 0 Å². The molecule has 1 aliphatic carbocycles.